The number of furan rings is 1. The van der Waals surface area contributed by atoms with E-state index in [-0.39, 0.29) is 5.41 Å². The largest absolute Gasteiger partial charge is 0.455 e. The van der Waals surface area contributed by atoms with Crippen molar-refractivity contribution in [2.24, 2.45) is 11.3 Å². The average molecular weight is 659 g/mol. The minimum Gasteiger partial charge on any atom is -0.455 e. The van der Waals surface area contributed by atoms with Gasteiger partial charge in [0.05, 0.1) is 16.4 Å². The summed E-state index contributed by atoms with van der Waals surface area (Å²) in [6.45, 7) is 4.65. The molecule has 3 heteroatoms. The van der Waals surface area contributed by atoms with E-state index in [0.29, 0.717) is 5.92 Å². The van der Waals surface area contributed by atoms with Crippen LogP contribution in [0, 0.1) is 11.3 Å². The van der Waals surface area contributed by atoms with Crippen molar-refractivity contribution in [3.63, 3.8) is 0 Å². The Morgan fingerprint density at radius 3 is 2.35 bits per heavy atom. The van der Waals surface area contributed by atoms with Gasteiger partial charge >= 0.3 is 0 Å². The first-order valence-electron chi connectivity index (χ1n) is 18.0. The molecular weight excluding hydrogens is 621 g/mol. The van der Waals surface area contributed by atoms with Gasteiger partial charge in [0.1, 0.15) is 11.2 Å². The Kier molecular flexibility index (Phi) is 6.72. The van der Waals surface area contributed by atoms with Gasteiger partial charge in [0, 0.05) is 49.9 Å². The van der Waals surface area contributed by atoms with Gasteiger partial charge in [0.2, 0.25) is 0 Å². The lowest BCUT2D eigenvalue weighted by atomic mass is 9.70. The van der Waals surface area contributed by atoms with Gasteiger partial charge in [-0.3, -0.25) is 0 Å². The minimum atomic E-state index is -0.0571. The SMILES string of the molecule is CC1C=CC=C(N(c2ccccc2)c2ccc(-n3c4ccccc4c4c5oc6ccccc6c5cc(C5=CC=C6C=CC=CC6(C)C5)c43)cc2)C1. The maximum absolute atomic E-state index is 6.76. The number of hydrogen-bond donors (Lipinski definition) is 0. The highest BCUT2D eigenvalue weighted by Gasteiger charge is 2.32. The van der Waals surface area contributed by atoms with E-state index >= 15 is 0 Å². The molecule has 0 saturated carbocycles. The Morgan fingerprint density at radius 1 is 0.745 bits per heavy atom. The van der Waals surface area contributed by atoms with Crippen LogP contribution in [0.2, 0.25) is 0 Å². The molecule has 0 saturated heterocycles. The van der Waals surface area contributed by atoms with Crippen molar-refractivity contribution in [2.75, 3.05) is 4.90 Å². The molecule has 5 aromatic carbocycles. The third-order valence-corrected chi connectivity index (χ3v) is 11.1. The molecule has 2 unspecified atom stereocenters. The molecular formula is C48H38N2O. The fourth-order valence-electron chi connectivity index (χ4n) is 8.59. The summed E-state index contributed by atoms with van der Waals surface area (Å²) in [5.41, 5.74) is 12.9. The van der Waals surface area contributed by atoms with Crippen LogP contribution < -0.4 is 4.90 Å². The predicted molar refractivity (Wildman–Crippen MR) is 215 cm³/mol. The molecule has 51 heavy (non-hydrogen) atoms. The van der Waals surface area contributed by atoms with Gasteiger partial charge in [-0.05, 0) is 90.6 Å². The third-order valence-electron chi connectivity index (χ3n) is 11.1. The zero-order valence-electron chi connectivity index (χ0n) is 28.9. The molecule has 246 valence electrons. The van der Waals surface area contributed by atoms with Gasteiger partial charge < -0.3 is 13.9 Å². The van der Waals surface area contributed by atoms with Crippen LogP contribution in [0.3, 0.4) is 0 Å². The van der Waals surface area contributed by atoms with Crippen molar-refractivity contribution in [2.45, 2.75) is 26.7 Å². The highest BCUT2D eigenvalue weighted by Crippen LogP contribution is 2.49. The van der Waals surface area contributed by atoms with Crippen molar-refractivity contribution < 1.29 is 4.42 Å². The monoisotopic (exact) mass is 658 g/mol. The van der Waals surface area contributed by atoms with E-state index in [1.807, 2.05) is 0 Å². The lowest BCUT2D eigenvalue weighted by Gasteiger charge is -2.34. The summed E-state index contributed by atoms with van der Waals surface area (Å²) in [4.78, 5) is 2.41. The standard InChI is InChI=1S/C48H38N2O/c1-32-13-12-17-38(29-32)49(35-15-4-3-5-16-35)36-24-26-37(27-25-36)50-43-20-8-6-19-40(43)45-46(50)41(30-42-39-18-7-9-21-44(39)51-47(42)45)33-22-23-34-14-10-11-28-48(34,2)31-33/h3-28,30,32H,29,31H2,1-2H3. The summed E-state index contributed by atoms with van der Waals surface area (Å²) in [6, 6.07) is 39.5. The normalized spacial score (nSPS) is 19.8. The number of hydrogen-bond acceptors (Lipinski definition) is 2. The summed E-state index contributed by atoms with van der Waals surface area (Å²) in [6.07, 6.45) is 22.3. The molecule has 3 aliphatic carbocycles. The molecule has 0 amide bonds. The van der Waals surface area contributed by atoms with Crippen LogP contribution in [-0.4, -0.2) is 4.57 Å². The van der Waals surface area contributed by atoms with Crippen LogP contribution in [0.25, 0.3) is 55.0 Å². The van der Waals surface area contributed by atoms with Gasteiger partial charge in [0.25, 0.3) is 0 Å². The summed E-state index contributed by atoms with van der Waals surface area (Å²) in [5.74, 6) is 0.490. The number of allylic oxidation sites excluding steroid dienone is 12. The van der Waals surface area contributed by atoms with Crippen molar-refractivity contribution in [1.82, 2.24) is 4.57 Å². The first-order chi connectivity index (χ1) is 25.1. The Bertz CT molecular complexity index is 2710. The average Bonchev–Trinajstić information content (AvgIpc) is 3.71. The van der Waals surface area contributed by atoms with Crippen molar-refractivity contribution in [3.05, 3.63) is 181 Å². The number of fused-ring (bicyclic) bond motifs is 8. The highest BCUT2D eigenvalue weighted by molar-refractivity contribution is 6.26. The van der Waals surface area contributed by atoms with Gasteiger partial charge in [0.15, 0.2) is 0 Å². The first kappa shape index (κ1) is 29.8. The predicted octanol–water partition coefficient (Wildman–Crippen LogP) is 13.1. The molecule has 2 atom stereocenters. The lowest BCUT2D eigenvalue weighted by molar-refractivity contribution is 0.535. The van der Waals surface area contributed by atoms with Crippen LogP contribution in [0.5, 0.6) is 0 Å². The zero-order valence-corrected chi connectivity index (χ0v) is 28.9. The van der Waals surface area contributed by atoms with Gasteiger partial charge in [-0.1, -0.05) is 117 Å². The number of anilines is 2. The number of rotatable bonds is 5. The second kappa shape index (κ2) is 11.5. The quantitative estimate of drug-likeness (QED) is 0.184. The van der Waals surface area contributed by atoms with Crippen LogP contribution in [0.15, 0.2) is 180 Å². The van der Waals surface area contributed by atoms with Crippen LogP contribution in [0.1, 0.15) is 32.3 Å². The Morgan fingerprint density at radius 2 is 1.51 bits per heavy atom. The van der Waals surface area contributed by atoms with Crippen molar-refractivity contribution in [3.8, 4) is 5.69 Å². The summed E-state index contributed by atoms with van der Waals surface area (Å²) in [5, 5.41) is 4.67. The Balaban J connectivity index is 1.23. The zero-order chi connectivity index (χ0) is 34.1. The molecule has 0 fully saturated rings. The molecule has 2 heterocycles. The fraction of sp³-hybridized carbons (Fsp3) is 0.125. The topological polar surface area (TPSA) is 21.3 Å². The molecule has 10 rings (SSSR count). The Labute approximate surface area is 298 Å². The van der Waals surface area contributed by atoms with E-state index in [0.717, 1.165) is 51.5 Å². The number of benzene rings is 5. The summed E-state index contributed by atoms with van der Waals surface area (Å²) in [7, 11) is 0. The third kappa shape index (κ3) is 4.72. The molecule has 3 aliphatic rings. The van der Waals surface area contributed by atoms with Crippen molar-refractivity contribution in [1.29, 1.82) is 0 Å². The van der Waals surface area contributed by atoms with Crippen LogP contribution >= 0.6 is 0 Å². The van der Waals surface area contributed by atoms with Gasteiger partial charge in [-0.15, -0.1) is 0 Å². The molecule has 7 aromatic rings. The maximum Gasteiger partial charge on any atom is 0.145 e. The minimum absolute atomic E-state index is 0.0571. The fourth-order valence-corrected chi connectivity index (χ4v) is 8.59. The molecule has 0 spiro atoms. The lowest BCUT2D eigenvalue weighted by Crippen LogP contribution is -2.20. The Hall–Kier alpha value is -6.06. The molecule has 3 nitrogen and oxygen atoms in total. The molecule has 2 aromatic heterocycles. The first-order valence-corrected chi connectivity index (χ1v) is 18.0. The van der Waals surface area contributed by atoms with E-state index in [9.17, 15) is 0 Å². The van der Waals surface area contributed by atoms with Crippen LogP contribution in [0.4, 0.5) is 11.4 Å². The van der Waals surface area contributed by atoms with E-state index < -0.39 is 0 Å². The second-order valence-corrected chi connectivity index (χ2v) is 14.5. The second-order valence-electron chi connectivity index (χ2n) is 14.5. The van der Waals surface area contributed by atoms with Gasteiger partial charge in [-0.2, -0.15) is 0 Å². The van der Waals surface area contributed by atoms with E-state index in [2.05, 4.69) is 187 Å². The number of nitrogens with zero attached hydrogens (tertiary/aromatic N) is 2. The van der Waals surface area contributed by atoms with E-state index in [4.69, 9.17) is 4.42 Å². The van der Waals surface area contributed by atoms with E-state index in [1.165, 1.54) is 44.5 Å². The molecule has 0 N–H and O–H groups in total. The summed E-state index contributed by atoms with van der Waals surface area (Å²) >= 11 is 0. The highest BCUT2D eigenvalue weighted by atomic mass is 16.3. The molecule has 0 aliphatic heterocycles. The van der Waals surface area contributed by atoms with Gasteiger partial charge in [-0.25, -0.2) is 0 Å². The maximum atomic E-state index is 6.76. The molecule has 0 radical (unpaired) electrons. The van der Waals surface area contributed by atoms with Crippen LogP contribution in [-0.2, 0) is 0 Å². The van der Waals surface area contributed by atoms with Crippen molar-refractivity contribution >= 4 is 60.7 Å². The number of aromatic nitrogens is 1. The molecule has 0 bridgehead atoms. The summed E-state index contributed by atoms with van der Waals surface area (Å²) < 4.78 is 9.23. The number of para-hydroxylation sites is 3. The smallest absolute Gasteiger partial charge is 0.145 e. The van der Waals surface area contributed by atoms with E-state index in [1.54, 1.807) is 0 Å².